The van der Waals surface area contributed by atoms with Crippen molar-refractivity contribution in [1.82, 2.24) is 4.90 Å². The van der Waals surface area contributed by atoms with Crippen molar-refractivity contribution < 1.29 is 19.9 Å². The van der Waals surface area contributed by atoms with Gasteiger partial charge in [0.25, 0.3) is 5.69 Å². The van der Waals surface area contributed by atoms with Crippen LogP contribution < -0.4 is 5.32 Å². The third-order valence-electron chi connectivity index (χ3n) is 3.06. The highest BCUT2D eigenvalue weighted by Gasteiger charge is 2.30. The number of rotatable bonds is 4. The Bertz CT molecular complexity index is 494. The van der Waals surface area contributed by atoms with Crippen LogP contribution >= 0.6 is 0 Å². The number of nitrogens with one attached hydrogen (secondary N) is 1. The summed E-state index contributed by atoms with van der Waals surface area (Å²) in [5.74, 6) is -0.305. The Hall–Kier alpha value is -2.03. The number of carbonyl (C=O) groups is 1. The molecule has 1 aliphatic heterocycles. The van der Waals surface area contributed by atoms with Crippen molar-refractivity contribution in [2.24, 2.45) is 0 Å². The van der Waals surface area contributed by atoms with Crippen LogP contribution in [0.3, 0.4) is 0 Å². The second-order valence-corrected chi connectivity index (χ2v) is 4.68. The maximum absolute atomic E-state index is 11.8. The lowest BCUT2D eigenvalue weighted by molar-refractivity contribution is -0.384. The number of nitro groups is 1. The molecule has 1 heterocycles. The Morgan fingerprint density at radius 2 is 1.85 bits per heavy atom. The molecule has 0 saturated carbocycles. The van der Waals surface area contributed by atoms with Gasteiger partial charge >= 0.3 is 0 Å². The predicted octanol–water partition coefficient (Wildman–Crippen LogP) is -0.429. The highest BCUT2D eigenvalue weighted by molar-refractivity contribution is 5.92. The largest absolute Gasteiger partial charge is 0.389 e. The Balaban J connectivity index is 1.87. The van der Waals surface area contributed by atoms with Crippen molar-refractivity contribution >= 4 is 17.3 Å². The molecule has 2 rings (SSSR count). The third kappa shape index (κ3) is 3.50. The van der Waals surface area contributed by atoms with Gasteiger partial charge < -0.3 is 15.5 Å². The number of β-amino-alcohol motifs (C(OH)–C–C–N with tert-alkyl or cyclic N) is 2. The average molecular weight is 281 g/mol. The fraction of sp³-hybridized carbons (Fsp3) is 0.417. The van der Waals surface area contributed by atoms with Crippen LogP contribution in [0.15, 0.2) is 24.3 Å². The minimum atomic E-state index is -0.831. The zero-order chi connectivity index (χ0) is 14.7. The molecule has 0 aromatic heterocycles. The Morgan fingerprint density at radius 1 is 1.30 bits per heavy atom. The van der Waals surface area contributed by atoms with E-state index in [9.17, 15) is 25.1 Å². The third-order valence-corrected chi connectivity index (χ3v) is 3.06. The van der Waals surface area contributed by atoms with Gasteiger partial charge in [-0.1, -0.05) is 0 Å². The number of benzene rings is 1. The van der Waals surface area contributed by atoms with Gasteiger partial charge in [-0.25, -0.2) is 0 Å². The Morgan fingerprint density at radius 3 is 2.35 bits per heavy atom. The average Bonchev–Trinajstić information content (AvgIpc) is 2.68. The number of nitrogens with zero attached hydrogens (tertiary/aromatic N) is 2. The van der Waals surface area contributed by atoms with E-state index < -0.39 is 17.1 Å². The van der Waals surface area contributed by atoms with Crippen molar-refractivity contribution in [3.8, 4) is 0 Å². The normalized spacial score (nSPS) is 22.7. The SMILES string of the molecule is O=C(CN1CC(O)C(O)C1)Nc1ccc([N+](=O)[O-])cc1. The second-order valence-electron chi connectivity index (χ2n) is 4.68. The molecule has 1 fully saturated rings. The number of carbonyl (C=O) groups excluding carboxylic acids is 1. The van der Waals surface area contributed by atoms with Crippen molar-refractivity contribution in [2.75, 3.05) is 25.0 Å². The van der Waals surface area contributed by atoms with Gasteiger partial charge in [-0.05, 0) is 12.1 Å². The van der Waals surface area contributed by atoms with Gasteiger partial charge in [-0.15, -0.1) is 0 Å². The fourth-order valence-corrected chi connectivity index (χ4v) is 2.05. The highest BCUT2D eigenvalue weighted by Crippen LogP contribution is 2.15. The number of anilines is 1. The predicted molar refractivity (Wildman–Crippen MR) is 70.2 cm³/mol. The summed E-state index contributed by atoms with van der Waals surface area (Å²) in [6.07, 6.45) is -1.66. The van der Waals surface area contributed by atoms with Gasteiger partial charge in [-0.2, -0.15) is 0 Å². The van der Waals surface area contributed by atoms with Gasteiger partial charge in [0.05, 0.1) is 23.7 Å². The smallest absolute Gasteiger partial charge is 0.269 e. The van der Waals surface area contributed by atoms with E-state index >= 15 is 0 Å². The first-order valence-electron chi connectivity index (χ1n) is 6.08. The van der Waals surface area contributed by atoms with Gasteiger partial charge in [0, 0.05) is 30.9 Å². The summed E-state index contributed by atoms with van der Waals surface area (Å²) in [6.45, 7) is 0.537. The Kier molecular flexibility index (Phi) is 4.28. The van der Waals surface area contributed by atoms with E-state index in [1.54, 1.807) is 4.90 Å². The minimum absolute atomic E-state index is 0.0467. The van der Waals surface area contributed by atoms with E-state index in [0.717, 1.165) is 0 Å². The van der Waals surface area contributed by atoms with Crippen LogP contribution in [0.1, 0.15) is 0 Å². The number of likely N-dealkylation sites (tertiary alicyclic amines) is 1. The van der Waals surface area contributed by atoms with Gasteiger partial charge in [0.2, 0.25) is 5.91 Å². The molecule has 1 aromatic rings. The number of aliphatic hydroxyl groups is 2. The molecule has 3 N–H and O–H groups in total. The number of hydrogen-bond donors (Lipinski definition) is 3. The maximum atomic E-state index is 11.8. The first-order valence-corrected chi connectivity index (χ1v) is 6.08. The maximum Gasteiger partial charge on any atom is 0.269 e. The molecule has 0 bridgehead atoms. The van der Waals surface area contributed by atoms with Gasteiger partial charge in [-0.3, -0.25) is 19.8 Å². The van der Waals surface area contributed by atoms with Crippen LogP contribution in [0.5, 0.6) is 0 Å². The van der Waals surface area contributed by atoms with Gasteiger partial charge in [0.1, 0.15) is 0 Å². The lowest BCUT2D eigenvalue weighted by atomic mass is 10.3. The monoisotopic (exact) mass is 281 g/mol. The van der Waals surface area contributed by atoms with E-state index in [0.29, 0.717) is 5.69 Å². The van der Waals surface area contributed by atoms with E-state index in [4.69, 9.17) is 0 Å². The first-order chi connectivity index (χ1) is 9.45. The van der Waals surface area contributed by atoms with Gasteiger partial charge in [0.15, 0.2) is 0 Å². The zero-order valence-electron chi connectivity index (χ0n) is 10.6. The molecule has 1 aliphatic rings. The number of nitro benzene ring substituents is 1. The zero-order valence-corrected chi connectivity index (χ0v) is 10.6. The second kappa shape index (κ2) is 5.95. The first kappa shape index (κ1) is 14.4. The van der Waals surface area contributed by atoms with E-state index in [1.165, 1.54) is 24.3 Å². The van der Waals surface area contributed by atoms with Crippen molar-refractivity contribution in [3.05, 3.63) is 34.4 Å². The molecular formula is C12H15N3O5. The molecule has 20 heavy (non-hydrogen) atoms. The van der Waals surface area contributed by atoms with Crippen LogP contribution in [-0.2, 0) is 4.79 Å². The molecule has 8 nitrogen and oxygen atoms in total. The summed E-state index contributed by atoms with van der Waals surface area (Å²) < 4.78 is 0. The highest BCUT2D eigenvalue weighted by atomic mass is 16.6. The number of non-ortho nitro benzene ring substituents is 1. The molecule has 0 radical (unpaired) electrons. The van der Waals surface area contributed by atoms with Crippen molar-refractivity contribution in [3.63, 3.8) is 0 Å². The number of hydrogen-bond acceptors (Lipinski definition) is 6. The van der Waals surface area contributed by atoms with E-state index in [1.807, 2.05) is 0 Å². The van der Waals surface area contributed by atoms with Crippen molar-refractivity contribution in [1.29, 1.82) is 0 Å². The molecular weight excluding hydrogens is 266 g/mol. The topological polar surface area (TPSA) is 116 Å². The molecule has 1 amide bonds. The number of amides is 1. The quantitative estimate of drug-likeness (QED) is 0.509. The summed E-state index contributed by atoms with van der Waals surface area (Å²) in [7, 11) is 0. The number of aliphatic hydroxyl groups excluding tert-OH is 2. The summed E-state index contributed by atoms with van der Waals surface area (Å²) in [5.41, 5.74) is 0.412. The molecule has 2 unspecified atom stereocenters. The summed E-state index contributed by atoms with van der Waals surface area (Å²) in [4.78, 5) is 23.4. The summed E-state index contributed by atoms with van der Waals surface area (Å²) >= 11 is 0. The molecule has 1 aromatic carbocycles. The molecule has 1 saturated heterocycles. The Labute approximate surface area is 114 Å². The summed E-state index contributed by atoms with van der Waals surface area (Å²) in [6, 6.07) is 5.51. The van der Waals surface area contributed by atoms with Crippen LogP contribution in [0, 0.1) is 10.1 Å². The standard InChI is InChI=1S/C12H15N3O5/c16-10-5-14(6-11(10)17)7-12(18)13-8-1-3-9(4-2-8)15(19)20/h1-4,10-11,16-17H,5-7H2,(H,13,18). The van der Waals surface area contributed by atoms with E-state index in [2.05, 4.69) is 5.32 Å². The molecule has 2 atom stereocenters. The molecule has 0 aliphatic carbocycles. The van der Waals surface area contributed by atoms with E-state index in [-0.39, 0.29) is 31.2 Å². The molecule has 108 valence electrons. The van der Waals surface area contributed by atoms with Crippen molar-refractivity contribution in [2.45, 2.75) is 12.2 Å². The molecule has 0 spiro atoms. The van der Waals surface area contributed by atoms with Crippen LogP contribution in [-0.4, -0.2) is 57.8 Å². The van der Waals surface area contributed by atoms with Crippen LogP contribution in [0.2, 0.25) is 0 Å². The lowest BCUT2D eigenvalue weighted by Crippen LogP contribution is -2.32. The molecule has 8 heteroatoms. The van der Waals surface area contributed by atoms with Crippen LogP contribution in [0.4, 0.5) is 11.4 Å². The minimum Gasteiger partial charge on any atom is -0.389 e. The lowest BCUT2D eigenvalue weighted by Gasteiger charge is -2.14. The fourth-order valence-electron chi connectivity index (χ4n) is 2.05. The summed E-state index contributed by atoms with van der Waals surface area (Å²) in [5, 5.41) is 31.8. The van der Waals surface area contributed by atoms with Crippen LogP contribution in [0.25, 0.3) is 0 Å².